The van der Waals surface area contributed by atoms with E-state index in [4.69, 9.17) is 0 Å². The fourth-order valence-electron chi connectivity index (χ4n) is 2.89. The van der Waals surface area contributed by atoms with E-state index in [2.05, 4.69) is 30.7 Å². The molecule has 1 aromatic rings. The van der Waals surface area contributed by atoms with Crippen LogP contribution >= 0.6 is 0 Å². The van der Waals surface area contributed by atoms with E-state index in [1.165, 1.54) is 61.7 Å². The summed E-state index contributed by atoms with van der Waals surface area (Å²) in [5.41, 5.74) is 0. The number of unbranched alkanes of at least 4 members (excludes halogenated alkanes) is 3. The van der Waals surface area contributed by atoms with Gasteiger partial charge < -0.3 is 0 Å². The number of rotatable bonds is 10. The summed E-state index contributed by atoms with van der Waals surface area (Å²) in [6, 6.07) is 0. The Morgan fingerprint density at radius 3 is 1.70 bits per heavy atom. The number of aromatic nitrogens is 2. The average molecular weight is 387 g/mol. The van der Waals surface area contributed by atoms with E-state index >= 15 is 0 Å². The van der Waals surface area contributed by atoms with E-state index in [1.54, 1.807) is 6.20 Å². The molecule has 1 heterocycles. The zero-order chi connectivity index (χ0) is 14.8. The molecule has 2 nitrogen and oxygen atoms in total. The topological polar surface area (TPSA) is 25.8 Å². The molecule has 0 aromatic carbocycles. The van der Waals surface area contributed by atoms with Crippen molar-refractivity contribution < 1.29 is 4.39 Å². The van der Waals surface area contributed by atoms with Gasteiger partial charge in [0.1, 0.15) is 0 Å². The summed E-state index contributed by atoms with van der Waals surface area (Å²) in [7, 11) is 0. The van der Waals surface area contributed by atoms with Gasteiger partial charge in [-0.1, -0.05) is 0 Å². The van der Waals surface area contributed by atoms with E-state index in [1.807, 2.05) is 0 Å². The van der Waals surface area contributed by atoms with Crippen molar-refractivity contribution >= 4 is 22.1 Å². The third-order valence-electron chi connectivity index (χ3n) is 4.19. The molecule has 0 spiro atoms. The maximum absolute atomic E-state index is 13.1. The van der Waals surface area contributed by atoms with Crippen LogP contribution in [-0.2, 0) is 0 Å². The van der Waals surface area contributed by atoms with Crippen LogP contribution in [0.15, 0.2) is 12.4 Å². The molecule has 1 aromatic heterocycles. The molecule has 0 atom stereocenters. The van der Waals surface area contributed by atoms with Gasteiger partial charge in [-0.25, -0.2) is 0 Å². The summed E-state index contributed by atoms with van der Waals surface area (Å²) in [5, 5.41) is 0. The van der Waals surface area contributed by atoms with Crippen molar-refractivity contribution in [1.29, 1.82) is 0 Å². The summed E-state index contributed by atoms with van der Waals surface area (Å²) in [4.78, 5) is 8.36. The zero-order valence-electron chi connectivity index (χ0n) is 13.3. The third kappa shape index (κ3) is 5.30. The van der Waals surface area contributed by atoms with Gasteiger partial charge in [-0.3, -0.25) is 0 Å². The van der Waals surface area contributed by atoms with Crippen molar-refractivity contribution in [3.63, 3.8) is 0 Å². The number of hydrogen-bond acceptors (Lipinski definition) is 2. The van der Waals surface area contributed by atoms with Gasteiger partial charge in [0.05, 0.1) is 0 Å². The molecule has 0 saturated carbocycles. The Morgan fingerprint density at radius 1 is 0.850 bits per heavy atom. The van der Waals surface area contributed by atoms with Crippen LogP contribution in [0.1, 0.15) is 59.3 Å². The van der Waals surface area contributed by atoms with Gasteiger partial charge in [-0.2, -0.15) is 0 Å². The average Bonchev–Trinajstić information content (AvgIpc) is 2.48. The Hall–Kier alpha value is -0.191. The van der Waals surface area contributed by atoms with Gasteiger partial charge in [0.2, 0.25) is 0 Å². The molecule has 0 radical (unpaired) electrons. The Labute approximate surface area is 127 Å². The van der Waals surface area contributed by atoms with Gasteiger partial charge in [-0.05, 0) is 0 Å². The molecule has 114 valence electrons. The number of halogens is 1. The fourth-order valence-corrected chi connectivity index (χ4v) is 18.0. The molecule has 0 amide bonds. The van der Waals surface area contributed by atoms with E-state index in [0.717, 1.165) is 0 Å². The van der Waals surface area contributed by atoms with Gasteiger partial charge >= 0.3 is 127 Å². The zero-order valence-corrected chi connectivity index (χ0v) is 16.1. The summed E-state index contributed by atoms with van der Waals surface area (Å²) < 4.78 is 18.3. The predicted octanol–water partition coefficient (Wildman–Crippen LogP) is 4.67. The first-order valence-corrected chi connectivity index (χ1v) is 15.6. The van der Waals surface area contributed by atoms with Gasteiger partial charge in [0, 0.05) is 0 Å². The normalized spacial score (nSPS) is 11.8. The Kier molecular flexibility index (Phi) is 8.65. The molecule has 20 heavy (non-hydrogen) atoms. The van der Waals surface area contributed by atoms with Gasteiger partial charge in [-0.15, -0.1) is 0 Å². The quantitative estimate of drug-likeness (QED) is 0.546. The van der Waals surface area contributed by atoms with Crippen molar-refractivity contribution in [2.75, 3.05) is 0 Å². The first-order valence-electron chi connectivity index (χ1n) is 8.16. The number of hydrogen-bond donors (Lipinski definition) is 0. The van der Waals surface area contributed by atoms with Crippen molar-refractivity contribution in [3.05, 3.63) is 18.3 Å². The standard InChI is InChI=1S/C4H2FN2.3C4H9.Sn/c5-4-3-6-1-2-7-4;3*1-3-4-2;/h2-3H;3*1,3-4H2,2H3;. The predicted molar refractivity (Wildman–Crippen MR) is 86.5 cm³/mol. The van der Waals surface area contributed by atoms with Crippen LogP contribution < -0.4 is 3.71 Å². The monoisotopic (exact) mass is 388 g/mol. The molecule has 0 unspecified atom stereocenters. The second-order valence-corrected chi connectivity index (χ2v) is 18.9. The van der Waals surface area contributed by atoms with Crippen LogP contribution in [0.2, 0.25) is 13.3 Å². The maximum atomic E-state index is 13.1. The Morgan fingerprint density at radius 2 is 1.35 bits per heavy atom. The minimum absolute atomic E-state index is 0.449. The molecular weight excluding hydrogens is 358 g/mol. The van der Waals surface area contributed by atoms with Crippen LogP contribution in [0.3, 0.4) is 0 Å². The fraction of sp³-hybridized carbons (Fsp3) is 0.750. The van der Waals surface area contributed by atoms with Crippen molar-refractivity contribution in [1.82, 2.24) is 9.97 Å². The van der Waals surface area contributed by atoms with Gasteiger partial charge in [0.15, 0.2) is 0 Å². The Bertz CT molecular complexity index is 345. The number of nitrogens with zero attached hydrogens (tertiary/aromatic N) is 2. The van der Waals surface area contributed by atoms with E-state index in [9.17, 15) is 4.39 Å². The Balaban J connectivity index is 3.00. The second kappa shape index (κ2) is 9.69. The van der Waals surface area contributed by atoms with Crippen LogP contribution in [0.5, 0.6) is 0 Å². The van der Waals surface area contributed by atoms with E-state index in [-0.39, 0.29) is 0 Å². The molecule has 0 saturated heterocycles. The molecule has 0 aliphatic rings. The molecule has 0 bridgehead atoms. The van der Waals surface area contributed by atoms with Crippen LogP contribution in [-0.4, -0.2) is 28.3 Å². The van der Waals surface area contributed by atoms with Crippen molar-refractivity contribution in [2.24, 2.45) is 0 Å². The SMILES string of the molecule is CCC[CH2][Sn]([CH2]CCC)([CH2]CCC)[c]1cnc(F)cn1. The summed E-state index contributed by atoms with van der Waals surface area (Å²) in [6.07, 6.45) is 10.7. The third-order valence-corrected chi connectivity index (χ3v) is 19.3. The van der Waals surface area contributed by atoms with Crippen molar-refractivity contribution in [3.8, 4) is 0 Å². The first kappa shape index (κ1) is 17.9. The molecular formula is C16H29FN2Sn. The molecule has 0 aliphatic heterocycles. The molecule has 1 rings (SSSR count). The molecule has 0 N–H and O–H groups in total. The molecule has 0 fully saturated rings. The van der Waals surface area contributed by atoms with E-state index < -0.39 is 24.3 Å². The van der Waals surface area contributed by atoms with Crippen LogP contribution in [0, 0.1) is 5.95 Å². The summed E-state index contributed by atoms with van der Waals surface area (Å²) >= 11 is -2.47. The minimum atomic E-state index is -2.47. The second-order valence-electron chi connectivity index (χ2n) is 5.82. The van der Waals surface area contributed by atoms with Crippen LogP contribution in [0.25, 0.3) is 0 Å². The van der Waals surface area contributed by atoms with E-state index in [0.29, 0.717) is 0 Å². The van der Waals surface area contributed by atoms with Crippen LogP contribution in [0.4, 0.5) is 4.39 Å². The molecule has 4 heteroatoms. The summed E-state index contributed by atoms with van der Waals surface area (Å²) in [6.45, 7) is 6.77. The summed E-state index contributed by atoms with van der Waals surface area (Å²) in [5.74, 6) is -0.449. The van der Waals surface area contributed by atoms with Crippen molar-refractivity contribution in [2.45, 2.75) is 72.6 Å². The first-order chi connectivity index (χ1) is 9.68. The van der Waals surface area contributed by atoms with Gasteiger partial charge in [0.25, 0.3) is 0 Å². The molecule has 0 aliphatic carbocycles.